The van der Waals surface area contributed by atoms with Crippen molar-refractivity contribution in [2.45, 2.75) is 0 Å². The van der Waals surface area contributed by atoms with Gasteiger partial charge in [-0.05, 0) is 124 Å². The average Bonchev–Trinajstić information content (AvgIpc) is 0.956. The zero-order valence-electron chi connectivity index (χ0n) is 83.6. The maximum Gasteiger partial charge on any atom is 0.0644 e. The maximum absolute atomic E-state index is 9.60. The van der Waals surface area contributed by atoms with E-state index in [2.05, 4.69) is 0 Å². The summed E-state index contributed by atoms with van der Waals surface area (Å²) >= 11 is 2.82. The van der Waals surface area contributed by atoms with Crippen molar-refractivity contribution >= 4 is 169 Å². The van der Waals surface area contributed by atoms with E-state index in [4.69, 9.17) is 35.6 Å². The van der Waals surface area contributed by atoms with Gasteiger partial charge in [-0.1, -0.05) is 224 Å². The first-order chi connectivity index (χ1) is 58.0. The Morgan fingerprint density at radius 2 is 0.438 bits per heavy atom. The Balaban J connectivity index is 0.000000176. The minimum atomic E-state index is -0.854. The fraction of sp³-hybridized carbons (Fsp3) is 0. The van der Waals surface area contributed by atoms with E-state index in [0.29, 0.717) is 45.3 Å². The fourth-order valence-corrected chi connectivity index (χ4v) is 14.0. The van der Waals surface area contributed by atoms with Crippen LogP contribution in [0.4, 0.5) is 0 Å². The van der Waals surface area contributed by atoms with E-state index in [1.165, 1.54) is 0 Å². The molecule has 0 unspecified atom stereocenters. The van der Waals surface area contributed by atoms with Crippen LogP contribution >= 0.6 is 45.3 Å². The number of rotatable bonds is 4. The van der Waals surface area contributed by atoms with Crippen LogP contribution in [-0.4, -0.2) is 0 Å². The van der Waals surface area contributed by atoms with Crippen molar-refractivity contribution in [1.82, 2.24) is 0 Å². The quantitative estimate of drug-likeness (QED) is 0.154. The molecule has 0 spiro atoms. The number of fused-ring (bicyclic) bond motifs is 16. The van der Waals surface area contributed by atoms with Gasteiger partial charge in [-0.15, -0.1) is 45.3 Å². The van der Waals surface area contributed by atoms with Crippen LogP contribution in [0.15, 0.2) is 266 Å². The highest BCUT2D eigenvalue weighted by molar-refractivity contribution is 7.27. The number of hydrogen-bond acceptors (Lipinski definition) is 4. The Kier molecular flexibility index (Phi) is 4.63. The molecule has 18 rings (SSSR count). The lowest BCUT2D eigenvalue weighted by Gasteiger charge is -2.18. The van der Waals surface area contributed by atoms with Crippen LogP contribution in [-0.2, 0) is 0 Å². The van der Waals surface area contributed by atoms with Gasteiger partial charge in [0.25, 0.3) is 0 Å². The van der Waals surface area contributed by atoms with Crippen LogP contribution in [0, 0.1) is 0 Å². The molecule has 4 heterocycles. The SMILES string of the molecule is [2H]c1c([2H])c([2H])c2c(sc3c([2H])c(-c4c5c([2H])c([2H])c([2H])c([2H])c5c(-c5c([2H])c([2H])c([2H])c6c5sc5c([2H])c([2H])c([2H])c([2H])c56)c5c([2H])c([2H])c([2H])c([2H])c45)c([2H])c([2H])c32)c1[2H].[2H]c1c([2H])c([2H])c2c(sc3c([2H])c(-c4c5c([2H])c([2H])c([2H])c([2H])c5c(-c5c([2H])c([2H])c6c(sc7c([2H])c([2H])c([2H])c([2H])c76)c5[2H])c5c([2H])c([2H])c([2H])c([2H])c45)c([2H])c([2H])c32)c1[2H]. The maximum atomic E-state index is 9.60. The molecule has 4 aromatic heterocycles. The molecule has 0 saturated carbocycles. The zero-order valence-corrected chi connectivity index (χ0v) is 42.9. The summed E-state index contributed by atoms with van der Waals surface area (Å²) in [6, 6.07) is -30.7. The van der Waals surface area contributed by atoms with Gasteiger partial charge in [0.05, 0.1) is 60.3 Å². The van der Waals surface area contributed by atoms with Crippen molar-refractivity contribution in [3.05, 3.63) is 266 Å². The van der Waals surface area contributed by atoms with Gasteiger partial charge in [0.1, 0.15) is 0 Å². The standard InChI is InChI=1S/2C38H22S2/c1-3-14-29-27(12-1)36(23-20-21-26-24-10-5-7-18-33(24)39-35(26)22-23)28-13-2-4-15-30(28)37(29)32-17-9-16-31-25-11-6-8-19-34(25)40-38(31)32;1-2-12-30-29(11-1)37(23-17-19-27-25-9-5-7-15-33(25)39-35(27)21-23)31-13-3-4-14-32(31)38(30)24-18-20-28-26-10-6-8-16-34(26)40-36(28)22-24/h2*1-22H/i2*1D,2D,3D,4D,5D,6D,7D,8D,9D,10D,11D,12D,13D,14D,15D,16D,17D,18D,19D,20D,21D,22D. The summed E-state index contributed by atoms with van der Waals surface area (Å²) in [5.74, 6) is 0. The highest BCUT2D eigenvalue weighted by atomic mass is 32.1. The van der Waals surface area contributed by atoms with Gasteiger partial charge >= 0.3 is 0 Å². The second kappa shape index (κ2) is 18.3. The summed E-state index contributed by atoms with van der Waals surface area (Å²) in [6.45, 7) is 0. The molecule has 0 radical (unpaired) electrons. The van der Waals surface area contributed by atoms with Gasteiger partial charge in [-0.2, -0.15) is 0 Å². The molecule has 0 aliphatic carbocycles. The molecule has 372 valence electrons. The minimum absolute atomic E-state index is 0.0415. The van der Waals surface area contributed by atoms with Crippen molar-refractivity contribution in [2.75, 3.05) is 0 Å². The third kappa shape index (κ3) is 7.10. The first-order valence-corrected chi connectivity index (χ1v) is 26.9. The Bertz CT molecular complexity index is 7880. The van der Waals surface area contributed by atoms with Crippen LogP contribution in [0.3, 0.4) is 0 Å². The molecule has 0 bridgehead atoms. The van der Waals surface area contributed by atoms with E-state index in [9.17, 15) is 24.7 Å². The molecular weight excluding hydrogens is 1040 g/mol. The number of hydrogen-bond donors (Lipinski definition) is 0. The molecule has 0 atom stereocenters. The highest BCUT2D eigenvalue weighted by Crippen LogP contribution is 2.50. The molecule has 0 aliphatic heterocycles. The van der Waals surface area contributed by atoms with Crippen molar-refractivity contribution in [3.63, 3.8) is 0 Å². The summed E-state index contributed by atoms with van der Waals surface area (Å²) in [7, 11) is 0. The fourth-order valence-electron chi connectivity index (χ4n) is 10.0. The summed E-state index contributed by atoms with van der Waals surface area (Å²) in [5, 5.41) is -5.50. The molecule has 14 aromatic carbocycles. The lowest BCUT2D eigenvalue weighted by atomic mass is 9.85. The molecule has 4 heteroatoms. The molecule has 18 aromatic rings. The zero-order chi connectivity index (χ0) is 90.7. The summed E-state index contributed by atoms with van der Waals surface area (Å²) < 4.78 is 391. The van der Waals surface area contributed by atoms with Crippen molar-refractivity contribution in [1.29, 1.82) is 0 Å². The smallest absolute Gasteiger partial charge is 0.0644 e. The lowest BCUT2D eigenvalue weighted by molar-refractivity contribution is 1.70. The summed E-state index contributed by atoms with van der Waals surface area (Å²) in [4.78, 5) is 0. The van der Waals surface area contributed by atoms with Crippen LogP contribution in [0.1, 0.15) is 60.3 Å². The second-order valence-electron chi connectivity index (χ2n) is 17.5. The Morgan fingerprint density at radius 3 is 0.775 bits per heavy atom. The van der Waals surface area contributed by atoms with Crippen LogP contribution in [0.5, 0.6) is 0 Å². The van der Waals surface area contributed by atoms with Gasteiger partial charge in [0.2, 0.25) is 0 Å². The summed E-state index contributed by atoms with van der Waals surface area (Å²) in [6.07, 6.45) is 0. The van der Waals surface area contributed by atoms with Crippen molar-refractivity contribution in [3.8, 4) is 44.5 Å². The van der Waals surface area contributed by atoms with E-state index in [1.54, 1.807) is 0 Å². The molecule has 80 heavy (non-hydrogen) atoms. The molecule has 0 saturated heterocycles. The average molecular weight is 1130 g/mol. The monoisotopic (exact) mass is 1130 g/mol. The summed E-state index contributed by atoms with van der Waals surface area (Å²) in [5.41, 5.74) is -3.96. The Morgan fingerprint density at radius 1 is 0.188 bits per heavy atom. The number of benzene rings is 14. The molecule has 0 N–H and O–H groups in total. The van der Waals surface area contributed by atoms with Gasteiger partial charge in [-0.3, -0.25) is 0 Å². The van der Waals surface area contributed by atoms with Crippen LogP contribution in [0.2, 0.25) is 0 Å². The van der Waals surface area contributed by atoms with Crippen LogP contribution in [0.25, 0.3) is 168 Å². The minimum Gasteiger partial charge on any atom is -0.135 e. The van der Waals surface area contributed by atoms with Crippen molar-refractivity contribution < 1.29 is 60.3 Å². The third-order valence-electron chi connectivity index (χ3n) is 13.3. The van der Waals surface area contributed by atoms with E-state index in [0.717, 1.165) is 0 Å². The van der Waals surface area contributed by atoms with Gasteiger partial charge in [0.15, 0.2) is 0 Å². The topological polar surface area (TPSA) is 0 Å². The number of thiophene rings is 4. The molecule has 0 nitrogen and oxygen atoms in total. The van der Waals surface area contributed by atoms with Gasteiger partial charge < -0.3 is 0 Å². The van der Waals surface area contributed by atoms with E-state index in [1.807, 2.05) is 0 Å². The lowest BCUT2D eigenvalue weighted by Crippen LogP contribution is -1.90. The van der Waals surface area contributed by atoms with Gasteiger partial charge in [-0.25, -0.2) is 0 Å². The molecule has 0 fully saturated rings. The predicted octanol–water partition coefficient (Wildman–Crippen LogP) is 24.1. The molecule has 0 aliphatic rings. The Labute approximate surface area is 538 Å². The predicted molar refractivity (Wildman–Crippen MR) is 356 cm³/mol. The molecular formula is C76H44S4. The second-order valence-corrected chi connectivity index (χ2v) is 21.6. The Hall–Kier alpha value is -9.00. The van der Waals surface area contributed by atoms with E-state index in [-0.39, 0.29) is 80.7 Å². The van der Waals surface area contributed by atoms with Gasteiger partial charge in [0, 0.05) is 86.3 Å². The first kappa shape index (κ1) is 20.3. The largest absolute Gasteiger partial charge is 0.135 e. The first-order valence-electron chi connectivity index (χ1n) is 45.6. The highest BCUT2D eigenvalue weighted by Gasteiger charge is 2.22. The van der Waals surface area contributed by atoms with Crippen molar-refractivity contribution in [2.24, 2.45) is 0 Å². The van der Waals surface area contributed by atoms with Crippen LogP contribution < -0.4 is 0 Å². The van der Waals surface area contributed by atoms with E-state index < -0.39 is 353 Å². The normalized spacial score (nSPS) is 19.7. The molecule has 0 amide bonds. The van der Waals surface area contributed by atoms with E-state index >= 15 is 0 Å². The third-order valence-corrected chi connectivity index (χ3v) is 17.5.